The van der Waals surface area contributed by atoms with Crippen molar-refractivity contribution in [1.29, 1.82) is 0 Å². The zero-order valence-corrected chi connectivity index (χ0v) is 16.6. The average molecular weight is 434 g/mol. The van der Waals surface area contributed by atoms with Crippen molar-refractivity contribution in [2.24, 2.45) is 0 Å². The molecule has 9 heteroatoms. The molecular weight excluding hydrogens is 416 g/mol. The SMILES string of the molecule is O=C(c1cc(F)ccc1F)N1CCC[C@]2(C1)NC(=O)N(Cc1cccc(Cl)c1)C2=O. The third-order valence-corrected chi connectivity index (χ3v) is 5.65. The minimum Gasteiger partial charge on any atom is -0.336 e. The van der Waals surface area contributed by atoms with Crippen LogP contribution in [0.25, 0.3) is 0 Å². The van der Waals surface area contributed by atoms with Crippen molar-refractivity contribution in [2.45, 2.75) is 24.9 Å². The number of nitrogens with zero attached hydrogens (tertiary/aromatic N) is 2. The monoisotopic (exact) mass is 433 g/mol. The van der Waals surface area contributed by atoms with Gasteiger partial charge in [-0.05, 0) is 48.7 Å². The van der Waals surface area contributed by atoms with Crippen molar-refractivity contribution in [1.82, 2.24) is 15.1 Å². The van der Waals surface area contributed by atoms with Gasteiger partial charge in [-0.15, -0.1) is 0 Å². The number of rotatable bonds is 3. The molecule has 2 aromatic rings. The fourth-order valence-electron chi connectivity index (χ4n) is 3.98. The van der Waals surface area contributed by atoms with Gasteiger partial charge in [-0.2, -0.15) is 0 Å². The maximum Gasteiger partial charge on any atom is 0.325 e. The summed E-state index contributed by atoms with van der Waals surface area (Å²) < 4.78 is 27.6. The van der Waals surface area contributed by atoms with Crippen molar-refractivity contribution in [3.63, 3.8) is 0 Å². The van der Waals surface area contributed by atoms with E-state index in [1.54, 1.807) is 24.3 Å². The van der Waals surface area contributed by atoms with E-state index in [9.17, 15) is 23.2 Å². The van der Waals surface area contributed by atoms with Gasteiger partial charge in [0.25, 0.3) is 11.8 Å². The van der Waals surface area contributed by atoms with Gasteiger partial charge in [0, 0.05) is 11.6 Å². The number of carbonyl (C=O) groups is 3. The first-order valence-electron chi connectivity index (χ1n) is 9.42. The van der Waals surface area contributed by atoms with E-state index in [1.165, 1.54) is 4.90 Å². The van der Waals surface area contributed by atoms with Crippen molar-refractivity contribution < 1.29 is 23.2 Å². The molecule has 2 saturated heterocycles. The number of carbonyl (C=O) groups excluding carboxylic acids is 3. The molecule has 4 rings (SSSR count). The molecule has 2 aliphatic rings. The Morgan fingerprint density at radius 2 is 1.97 bits per heavy atom. The maximum absolute atomic E-state index is 14.0. The Hall–Kier alpha value is -3.00. The molecule has 0 saturated carbocycles. The number of piperidine rings is 1. The lowest BCUT2D eigenvalue weighted by atomic mass is 9.88. The minimum absolute atomic E-state index is 0.0411. The van der Waals surface area contributed by atoms with Crippen LogP contribution in [0.3, 0.4) is 0 Å². The number of halogens is 3. The van der Waals surface area contributed by atoms with Crippen LogP contribution in [-0.2, 0) is 11.3 Å². The first-order chi connectivity index (χ1) is 14.3. The number of imide groups is 1. The van der Waals surface area contributed by atoms with Crippen LogP contribution in [0, 0.1) is 11.6 Å². The molecule has 1 spiro atoms. The van der Waals surface area contributed by atoms with E-state index in [1.807, 2.05) is 0 Å². The Morgan fingerprint density at radius 3 is 2.73 bits per heavy atom. The highest BCUT2D eigenvalue weighted by Gasteiger charge is 2.53. The van der Waals surface area contributed by atoms with Crippen molar-refractivity contribution in [2.75, 3.05) is 13.1 Å². The molecule has 0 aromatic heterocycles. The van der Waals surface area contributed by atoms with Crippen LogP contribution in [0.15, 0.2) is 42.5 Å². The van der Waals surface area contributed by atoms with Crippen molar-refractivity contribution >= 4 is 29.4 Å². The summed E-state index contributed by atoms with van der Waals surface area (Å²) in [5, 5.41) is 3.20. The largest absolute Gasteiger partial charge is 0.336 e. The minimum atomic E-state index is -1.28. The van der Waals surface area contributed by atoms with Crippen LogP contribution in [0.5, 0.6) is 0 Å². The summed E-state index contributed by atoms with van der Waals surface area (Å²) in [6, 6.07) is 8.91. The normalized spacial score (nSPS) is 21.3. The predicted octanol–water partition coefficient (Wildman–Crippen LogP) is 3.35. The molecule has 1 atom stereocenters. The Kier molecular flexibility index (Phi) is 5.19. The molecule has 4 amide bonds. The van der Waals surface area contributed by atoms with Gasteiger partial charge in [0.05, 0.1) is 18.7 Å². The fraction of sp³-hybridized carbons (Fsp3) is 0.286. The van der Waals surface area contributed by atoms with Gasteiger partial charge in [-0.1, -0.05) is 23.7 Å². The lowest BCUT2D eigenvalue weighted by molar-refractivity contribution is -0.133. The zero-order chi connectivity index (χ0) is 21.5. The van der Waals surface area contributed by atoms with E-state index < -0.39 is 40.6 Å². The van der Waals surface area contributed by atoms with E-state index in [0.29, 0.717) is 23.4 Å². The Labute approximate surface area is 176 Å². The molecule has 1 N–H and O–H groups in total. The molecule has 6 nitrogen and oxygen atoms in total. The summed E-state index contributed by atoms with van der Waals surface area (Å²) in [4.78, 5) is 40.8. The van der Waals surface area contributed by atoms with E-state index in [4.69, 9.17) is 11.6 Å². The summed E-state index contributed by atoms with van der Waals surface area (Å²) in [6.07, 6.45) is 0.777. The number of nitrogens with one attached hydrogen (secondary N) is 1. The van der Waals surface area contributed by atoms with Gasteiger partial charge in [0.1, 0.15) is 17.2 Å². The number of hydrogen-bond donors (Lipinski definition) is 1. The van der Waals surface area contributed by atoms with Crippen LogP contribution in [0.4, 0.5) is 13.6 Å². The summed E-state index contributed by atoms with van der Waals surface area (Å²) in [5.41, 5.74) is -0.999. The molecule has 0 radical (unpaired) electrons. The Morgan fingerprint density at radius 1 is 1.17 bits per heavy atom. The summed E-state index contributed by atoms with van der Waals surface area (Å²) in [7, 11) is 0. The highest BCUT2D eigenvalue weighted by atomic mass is 35.5. The molecule has 156 valence electrons. The maximum atomic E-state index is 14.0. The molecule has 0 unspecified atom stereocenters. The van der Waals surface area contributed by atoms with Gasteiger partial charge in [-0.3, -0.25) is 14.5 Å². The lowest BCUT2D eigenvalue weighted by Crippen LogP contribution is -2.59. The predicted molar refractivity (Wildman–Crippen MR) is 105 cm³/mol. The third-order valence-electron chi connectivity index (χ3n) is 5.41. The van der Waals surface area contributed by atoms with Crippen molar-refractivity contribution in [3.05, 3.63) is 70.2 Å². The van der Waals surface area contributed by atoms with Crippen LogP contribution in [0.1, 0.15) is 28.8 Å². The number of urea groups is 1. The first kappa shape index (κ1) is 20.3. The number of benzene rings is 2. The van der Waals surface area contributed by atoms with Gasteiger partial charge < -0.3 is 10.2 Å². The van der Waals surface area contributed by atoms with E-state index in [-0.39, 0.29) is 19.6 Å². The second-order valence-corrected chi connectivity index (χ2v) is 7.92. The molecule has 30 heavy (non-hydrogen) atoms. The second-order valence-electron chi connectivity index (χ2n) is 7.49. The molecule has 2 fully saturated rings. The fourth-order valence-corrected chi connectivity index (χ4v) is 4.19. The van der Waals surface area contributed by atoms with Gasteiger partial charge in [0.15, 0.2) is 0 Å². The molecule has 2 aliphatic heterocycles. The molecule has 0 aliphatic carbocycles. The lowest BCUT2D eigenvalue weighted by Gasteiger charge is -2.38. The van der Waals surface area contributed by atoms with Gasteiger partial charge in [-0.25, -0.2) is 13.6 Å². The van der Waals surface area contributed by atoms with E-state index in [2.05, 4.69) is 5.32 Å². The first-order valence-corrected chi connectivity index (χ1v) is 9.80. The van der Waals surface area contributed by atoms with E-state index >= 15 is 0 Å². The Bertz CT molecular complexity index is 1050. The van der Waals surface area contributed by atoms with Crippen molar-refractivity contribution in [3.8, 4) is 0 Å². The van der Waals surface area contributed by atoms with Crippen LogP contribution in [0.2, 0.25) is 5.02 Å². The summed E-state index contributed by atoms with van der Waals surface area (Å²) >= 11 is 5.98. The zero-order valence-electron chi connectivity index (χ0n) is 15.8. The van der Waals surface area contributed by atoms with E-state index in [0.717, 1.165) is 23.1 Å². The highest BCUT2D eigenvalue weighted by molar-refractivity contribution is 6.30. The quantitative estimate of drug-likeness (QED) is 0.755. The number of amides is 4. The average Bonchev–Trinajstić information content (AvgIpc) is 2.93. The number of hydrogen-bond acceptors (Lipinski definition) is 3. The standard InChI is InChI=1S/C21H18ClF2N3O3/c22-14-4-1-3-13(9-14)11-27-19(29)21(25-20(27)30)7-2-8-26(12-21)18(28)16-10-15(23)5-6-17(16)24/h1,3-6,9-10H,2,7-8,11-12H2,(H,25,30)/t21-/m1/s1. The molecular formula is C21H18ClF2N3O3. The third kappa shape index (κ3) is 3.63. The topological polar surface area (TPSA) is 69.7 Å². The molecule has 0 bridgehead atoms. The summed E-state index contributed by atoms with van der Waals surface area (Å²) in [6.45, 7) is 0.200. The van der Waals surface area contributed by atoms with Crippen LogP contribution < -0.4 is 5.32 Å². The highest BCUT2D eigenvalue weighted by Crippen LogP contribution is 2.30. The second kappa shape index (κ2) is 7.68. The Balaban J connectivity index is 1.55. The summed E-state index contributed by atoms with van der Waals surface area (Å²) in [5.74, 6) is -2.75. The number of likely N-dealkylation sites (tertiary alicyclic amines) is 1. The van der Waals surface area contributed by atoms with Crippen LogP contribution >= 0.6 is 11.6 Å². The smallest absolute Gasteiger partial charge is 0.325 e. The molecule has 2 heterocycles. The molecule has 2 aromatic carbocycles. The van der Waals surface area contributed by atoms with Crippen LogP contribution in [-0.4, -0.2) is 46.3 Å². The van der Waals surface area contributed by atoms with Gasteiger partial charge >= 0.3 is 6.03 Å². The van der Waals surface area contributed by atoms with Gasteiger partial charge in [0.2, 0.25) is 0 Å².